The van der Waals surface area contributed by atoms with Gasteiger partial charge in [-0.2, -0.15) is 0 Å². The van der Waals surface area contributed by atoms with Gasteiger partial charge in [0, 0.05) is 25.7 Å². The first-order valence-corrected chi connectivity index (χ1v) is 43.1. The Kier molecular flexibility index (Phi) is 68.7. The molecule has 5 atom stereocenters. The van der Waals surface area contributed by atoms with Crippen LogP contribution in [-0.2, 0) is 65.4 Å². The van der Waals surface area contributed by atoms with Crippen LogP contribution in [0.3, 0.4) is 0 Å². The van der Waals surface area contributed by atoms with E-state index in [0.29, 0.717) is 25.7 Å². The van der Waals surface area contributed by atoms with Crippen molar-refractivity contribution in [2.45, 2.75) is 425 Å². The lowest BCUT2D eigenvalue weighted by Crippen LogP contribution is -2.30. The van der Waals surface area contributed by atoms with Crippen LogP contribution >= 0.6 is 15.6 Å². The zero-order chi connectivity index (χ0) is 70.5. The van der Waals surface area contributed by atoms with Crippen molar-refractivity contribution < 1.29 is 80.2 Å². The molecule has 0 aliphatic rings. The van der Waals surface area contributed by atoms with Gasteiger partial charge in [0.2, 0.25) is 0 Å². The summed E-state index contributed by atoms with van der Waals surface area (Å²) in [4.78, 5) is 72.8. The van der Waals surface area contributed by atoms with E-state index in [1.807, 2.05) is 0 Å². The molecule has 0 spiro atoms. The van der Waals surface area contributed by atoms with Crippen LogP contribution in [0.2, 0.25) is 0 Å². The van der Waals surface area contributed by atoms with Crippen LogP contribution in [0.25, 0.3) is 0 Å². The van der Waals surface area contributed by atoms with Crippen LogP contribution in [0.4, 0.5) is 0 Å². The molecule has 0 amide bonds. The van der Waals surface area contributed by atoms with Gasteiger partial charge in [-0.3, -0.25) is 37.3 Å². The minimum atomic E-state index is -4.96. The van der Waals surface area contributed by atoms with E-state index in [9.17, 15) is 43.2 Å². The van der Waals surface area contributed by atoms with Crippen LogP contribution in [-0.4, -0.2) is 96.7 Å². The first-order valence-electron chi connectivity index (χ1n) is 40.1. The molecule has 0 aromatic heterocycles. The first kappa shape index (κ1) is 94.1. The van der Waals surface area contributed by atoms with Gasteiger partial charge in [0.25, 0.3) is 0 Å². The van der Waals surface area contributed by atoms with Gasteiger partial charge in [0.05, 0.1) is 26.4 Å². The maximum Gasteiger partial charge on any atom is 0.472 e. The predicted molar refractivity (Wildman–Crippen MR) is 391 cm³/mol. The highest BCUT2D eigenvalue weighted by Crippen LogP contribution is 2.45. The second-order valence-electron chi connectivity index (χ2n) is 28.2. The molecule has 0 aliphatic carbocycles. The zero-order valence-electron chi connectivity index (χ0n) is 62.5. The summed E-state index contributed by atoms with van der Waals surface area (Å²) in [7, 11) is -9.91. The number of phosphoric ester groups is 2. The lowest BCUT2D eigenvalue weighted by Gasteiger charge is -2.21. The summed E-state index contributed by atoms with van der Waals surface area (Å²) < 4.78 is 68.5. The van der Waals surface area contributed by atoms with Gasteiger partial charge in [-0.15, -0.1) is 0 Å². The number of phosphoric acid groups is 2. The fraction of sp³-hybridized carbons (Fsp3) is 0.948. The fourth-order valence-electron chi connectivity index (χ4n) is 11.9. The summed E-state index contributed by atoms with van der Waals surface area (Å²) in [5.41, 5.74) is 0. The highest BCUT2D eigenvalue weighted by Gasteiger charge is 2.30. The molecule has 0 rings (SSSR count). The van der Waals surface area contributed by atoms with Crippen molar-refractivity contribution in [2.75, 3.05) is 39.6 Å². The van der Waals surface area contributed by atoms with Crippen molar-refractivity contribution in [3.8, 4) is 0 Å². The third kappa shape index (κ3) is 70.5. The molecule has 2 unspecified atom stereocenters. The Balaban J connectivity index is 5.21. The third-order valence-corrected chi connectivity index (χ3v) is 19.9. The molecule has 0 heterocycles. The van der Waals surface area contributed by atoms with Crippen LogP contribution in [0.15, 0.2) is 0 Å². The number of ether oxygens (including phenoxy) is 4. The summed E-state index contributed by atoms with van der Waals surface area (Å²) in [6.45, 7) is 7.31. The van der Waals surface area contributed by atoms with Gasteiger partial charge >= 0.3 is 39.5 Å². The molecular weight excluding hydrogens is 1260 g/mol. The van der Waals surface area contributed by atoms with E-state index < -0.39 is 97.5 Å². The molecule has 0 saturated carbocycles. The second kappa shape index (κ2) is 70.1. The number of carbonyl (C=O) groups excluding carboxylic acids is 4. The lowest BCUT2D eigenvalue weighted by molar-refractivity contribution is -0.161. The van der Waals surface area contributed by atoms with Gasteiger partial charge < -0.3 is 33.8 Å². The molecule has 0 saturated heterocycles. The average molecular weight is 1410 g/mol. The number of aliphatic hydroxyl groups is 1. The van der Waals surface area contributed by atoms with Crippen molar-refractivity contribution in [2.24, 2.45) is 5.92 Å². The van der Waals surface area contributed by atoms with Crippen LogP contribution < -0.4 is 0 Å². The third-order valence-electron chi connectivity index (χ3n) is 18.0. The van der Waals surface area contributed by atoms with Gasteiger partial charge in [0.15, 0.2) is 12.2 Å². The Hall–Kier alpha value is -1.94. The van der Waals surface area contributed by atoms with Crippen molar-refractivity contribution in [3.05, 3.63) is 0 Å². The molecule has 17 nitrogen and oxygen atoms in total. The van der Waals surface area contributed by atoms with E-state index in [-0.39, 0.29) is 25.7 Å². The summed E-state index contributed by atoms with van der Waals surface area (Å²) >= 11 is 0. The van der Waals surface area contributed by atoms with E-state index in [1.165, 1.54) is 225 Å². The minimum Gasteiger partial charge on any atom is -0.462 e. The Morgan fingerprint density at radius 3 is 0.708 bits per heavy atom. The van der Waals surface area contributed by atoms with Crippen molar-refractivity contribution >= 4 is 39.5 Å². The van der Waals surface area contributed by atoms with Gasteiger partial charge in [-0.25, -0.2) is 9.13 Å². The monoisotopic (exact) mass is 1410 g/mol. The maximum absolute atomic E-state index is 13.1. The molecule has 0 radical (unpaired) electrons. The predicted octanol–water partition coefficient (Wildman–Crippen LogP) is 22.9. The van der Waals surface area contributed by atoms with Crippen molar-refractivity contribution in [3.63, 3.8) is 0 Å². The fourth-order valence-corrected chi connectivity index (χ4v) is 13.5. The molecule has 0 aromatic carbocycles. The number of carbonyl (C=O) groups is 4. The molecule has 0 aliphatic heterocycles. The highest BCUT2D eigenvalue weighted by atomic mass is 31.2. The number of unbranched alkanes of at least 4 members (excludes halogenated alkanes) is 49. The Labute approximate surface area is 588 Å². The Morgan fingerprint density at radius 1 is 0.281 bits per heavy atom. The van der Waals surface area contributed by atoms with Crippen LogP contribution in [0.1, 0.15) is 407 Å². The molecule has 96 heavy (non-hydrogen) atoms. The Bertz CT molecular complexity index is 1840. The topological polar surface area (TPSA) is 237 Å². The van der Waals surface area contributed by atoms with E-state index in [2.05, 4.69) is 34.6 Å². The molecule has 0 aromatic rings. The summed E-state index contributed by atoms with van der Waals surface area (Å²) in [5, 5.41) is 10.6. The van der Waals surface area contributed by atoms with Crippen molar-refractivity contribution in [1.29, 1.82) is 0 Å². The van der Waals surface area contributed by atoms with E-state index >= 15 is 0 Å². The van der Waals surface area contributed by atoms with Crippen molar-refractivity contribution in [1.82, 2.24) is 0 Å². The maximum atomic E-state index is 13.1. The van der Waals surface area contributed by atoms with Gasteiger partial charge in [-0.1, -0.05) is 356 Å². The Morgan fingerprint density at radius 2 is 0.479 bits per heavy atom. The van der Waals surface area contributed by atoms with E-state index in [1.54, 1.807) is 0 Å². The molecular formula is C77H150O17P2. The number of hydrogen-bond donors (Lipinski definition) is 3. The first-order chi connectivity index (χ1) is 46.5. The molecule has 570 valence electrons. The average Bonchev–Trinajstić information content (AvgIpc) is 2.42. The normalized spacial score (nSPS) is 13.9. The standard InChI is InChI=1S/C77H150O17P2/c1-6-9-12-15-18-21-23-25-28-33-37-41-46-51-56-61-75(80)88-67-73(94-77(82)63-58-53-48-43-39-35-31-27-30-32-36-40-44-49-54-59-70(4)5)69-92-96(85,86)90-65-71(78)64-89-95(83,84)91-68-72(66-87-74(79)60-55-50-45-20-17-14-11-8-3)93-76(81)62-57-52-47-42-38-34-29-26-24-22-19-16-13-10-7-2/h70-73,78H,6-69H2,1-5H3,(H,83,84)(H,85,86)/t71-,72+,73+/m0/s1. The highest BCUT2D eigenvalue weighted by molar-refractivity contribution is 7.47. The van der Waals surface area contributed by atoms with Crippen LogP contribution in [0, 0.1) is 5.92 Å². The summed E-state index contributed by atoms with van der Waals surface area (Å²) in [6, 6.07) is 0. The largest absolute Gasteiger partial charge is 0.472 e. The minimum absolute atomic E-state index is 0.108. The molecule has 0 fully saturated rings. The quantitative estimate of drug-likeness (QED) is 0.0222. The number of hydrogen-bond acceptors (Lipinski definition) is 15. The molecule has 3 N–H and O–H groups in total. The van der Waals surface area contributed by atoms with Gasteiger partial charge in [-0.05, 0) is 31.6 Å². The molecule has 19 heteroatoms. The lowest BCUT2D eigenvalue weighted by atomic mass is 10.0. The summed E-state index contributed by atoms with van der Waals surface area (Å²) in [6.07, 6.45) is 59.6. The van der Waals surface area contributed by atoms with Crippen LogP contribution in [0.5, 0.6) is 0 Å². The van der Waals surface area contributed by atoms with Gasteiger partial charge in [0.1, 0.15) is 19.3 Å². The van der Waals surface area contributed by atoms with E-state index in [4.69, 9.17) is 37.0 Å². The number of aliphatic hydroxyl groups excluding tert-OH is 1. The number of esters is 4. The second-order valence-corrected chi connectivity index (χ2v) is 31.1. The zero-order valence-corrected chi connectivity index (χ0v) is 64.3. The number of rotatable bonds is 77. The SMILES string of the molecule is CCCCCCCCCCCCCCCCCC(=O)OC[C@H](COP(=O)(O)OC[C@@H](O)COP(=O)(O)OC[C@@H](COC(=O)CCCCCCCCCC)OC(=O)CCCCCCCCCCCCCCCCC)OC(=O)CCCCCCCCCCCCCCCCCC(C)C. The smallest absolute Gasteiger partial charge is 0.462 e. The molecule has 0 bridgehead atoms. The summed E-state index contributed by atoms with van der Waals surface area (Å²) in [5.74, 6) is -1.31. The van der Waals surface area contributed by atoms with E-state index in [0.717, 1.165) is 102 Å².